The normalized spacial score (nSPS) is 12.3. The van der Waals surface area contributed by atoms with Crippen LogP contribution in [0.15, 0.2) is 17.0 Å². The first kappa shape index (κ1) is 15.2. The molecule has 1 N–H and O–H groups in total. The minimum Gasteiger partial charge on any atom is -0.493 e. The lowest BCUT2D eigenvalue weighted by molar-refractivity contribution is 0.353. The van der Waals surface area contributed by atoms with Crippen LogP contribution in [0.5, 0.6) is 11.5 Å². The molecule has 4 heteroatoms. The quantitative estimate of drug-likeness (QED) is 0.769. The fourth-order valence-corrected chi connectivity index (χ4v) is 2.28. The smallest absolute Gasteiger partial charge is 0.161 e. The number of hydrogen-bond donors (Lipinski definition) is 1. The Hall–Kier alpha value is -0.870. The molecule has 0 aromatic heterocycles. The monoisotopic (exact) mass is 269 g/mol. The number of rotatable bonds is 7. The van der Waals surface area contributed by atoms with Crippen LogP contribution in [-0.2, 0) is 6.54 Å². The van der Waals surface area contributed by atoms with Gasteiger partial charge in [-0.15, -0.1) is 11.8 Å². The Morgan fingerprint density at radius 1 is 1.22 bits per heavy atom. The molecule has 0 aliphatic heterocycles. The van der Waals surface area contributed by atoms with Gasteiger partial charge in [-0.25, -0.2) is 0 Å². The number of hydrogen-bond acceptors (Lipinski definition) is 4. The molecule has 0 spiro atoms. The second-order valence-corrected chi connectivity index (χ2v) is 5.06. The molecule has 18 heavy (non-hydrogen) atoms. The van der Waals surface area contributed by atoms with Gasteiger partial charge in [-0.2, -0.15) is 0 Å². The minimum absolute atomic E-state index is 0.521. The lowest BCUT2D eigenvalue weighted by Crippen LogP contribution is -2.24. The third-order valence-corrected chi connectivity index (χ3v) is 3.86. The van der Waals surface area contributed by atoms with Gasteiger partial charge in [0.15, 0.2) is 11.5 Å². The Balaban J connectivity index is 2.94. The number of nitrogens with one attached hydrogen (secondary N) is 1. The summed E-state index contributed by atoms with van der Waals surface area (Å²) in [7, 11) is 3.33. The highest BCUT2D eigenvalue weighted by atomic mass is 32.2. The summed E-state index contributed by atoms with van der Waals surface area (Å²) in [5.74, 6) is 1.57. The molecular formula is C14H23NO2S. The number of methoxy groups -OCH3 is 2. The van der Waals surface area contributed by atoms with Gasteiger partial charge >= 0.3 is 0 Å². The molecule has 0 aliphatic rings. The number of thioether (sulfide) groups is 1. The third-order valence-electron chi connectivity index (χ3n) is 3.04. The van der Waals surface area contributed by atoms with Crippen molar-refractivity contribution < 1.29 is 9.47 Å². The molecule has 0 saturated carbocycles. The van der Waals surface area contributed by atoms with E-state index in [1.165, 1.54) is 10.5 Å². The van der Waals surface area contributed by atoms with Crippen molar-refractivity contribution in [2.45, 2.75) is 37.8 Å². The standard InChI is InChI=1S/C14H23NO2S/c1-6-10(2)15-9-11-7-12(16-3)13(17-4)8-14(11)18-5/h7-8,10,15H,6,9H2,1-5H3. The maximum absolute atomic E-state index is 5.35. The molecule has 0 bridgehead atoms. The van der Waals surface area contributed by atoms with Crippen LogP contribution >= 0.6 is 11.8 Å². The third kappa shape index (κ3) is 3.82. The molecule has 102 valence electrons. The summed E-state index contributed by atoms with van der Waals surface area (Å²) in [6, 6.07) is 4.62. The van der Waals surface area contributed by atoms with Crippen LogP contribution in [0.4, 0.5) is 0 Å². The molecule has 1 aromatic rings. The van der Waals surface area contributed by atoms with E-state index in [0.717, 1.165) is 24.5 Å². The molecule has 0 fully saturated rings. The van der Waals surface area contributed by atoms with Crippen LogP contribution < -0.4 is 14.8 Å². The van der Waals surface area contributed by atoms with Crippen molar-refractivity contribution in [2.75, 3.05) is 20.5 Å². The first-order valence-electron chi connectivity index (χ1n) is 6.18. The molecule has 0 aliphatic carbocycles. The predicted molar refractivity (Wildman–Crippen MR) is 77.9 cm³/mol. The van der Waals surface area contributed by atoms with E-state index < -0.39 is 0 Å². The van der Waals surface area contributed by atoms with Gasteiger partial charge in [-0.3, -0.25) is 0 Å². The SMILES string of the molecule is CCC(C)NCc1cc(OC)c(OC)cc1SC. The van der Waals surface area contributed by atoms with E-state index in [-0.39, 0.29) is 0 Å². The van der Waals surface area contributed by atoms with Crippen LogP contribution in [0.2, 0.25) is 0 Å². The Kier molecular flexibility index (Phi) is 6.36. The van der Waals surface area contributed by atoms with Gasteiger partial charge in [0, 0.05) is 17.5 Å². The number of benzene rings is 1. The van der Waals surface area contributed by atoms with Gasteiger partial charge in [0.2, 0.25) is 0 Å². The lowest BCUT2D eigenvalue weighted by atomic mass is 10.1. The van der Waals surface area contributed by atoms with E-state index in [9.17, 15) is 0 Å². The topological polar surface area (TPSA) is 30.5 Å². The van der Waals surface area contributed by atoms with E-state index in [2.05, 4.69) is 31.5 Å². The summed E-state index contributed by atoms with van der Waals surface area (Å²) in [5.41, 5.74) is 1.25. The van der Waals surface area contributed by atoms with Crippen LogP contribution in [-0.4, -0.2) is 26.5 Å². The number of ether oxygens (including phenoxy) is 2. The van der Waals surface area contributed by atoms with Crippen molar-refractivity contribution in [1.29, 1.82) is 0 Å². The fourth-order valence-electron chi connectivity index (χ4n) is 1.66. The summed E-state index contributed by atoms with van der Waals surface area (Å²) >= 11 is 1.73. The molecule has 0 saturated heterocycles. The van der Waals surface area contributed by atoms with Crippen LogP contribution in [0.1, 0.15) is 25.8 Å². The first-order chi connectivity index (χ1) is 8.65. The average Bonchev–Trinajstić information content (AvgIpc) is 2.43. The summed E-state index contributed by atoms with van der Waals surface area (Å²) in [4.78, 5) is 1.23. The van der Waals surface area contributed by atoms with Crippen molar-refractivity contribution in [1.82, 2.24) is 5.32 Å². The Morgan fingerprint density at radius 2 is 1.83 bits per heavy atom. The van der Waals surface area contributed by atoms with Gasteiger partial charge < -0.3 is 14.8 Å². The van der Waals surface area contributed by atoms with Gasteiger partial charge in [0.05, 0.1) is 14.2 Å². The second kappa shape index (κ2) is 7.54. The van der Waals surface area contributed by atoms with Crippen molar-refractivity contribution >= 4 is 11.8 Å². The maximum Gasteiger partial charge on any atom is 0.161 e. The van der Waals surface area contributed by atoms with E-state index in [1.54, 1.807) is 26.0 Å². The van der Waals surface area contributed by atoms with Gasteiger partial charge in [-0.1, -0.05) is 6.92 Å². The predicted octanol–water partition coefficient (Wildman–Crippen LogP) is 3.31. The highest BCUT2D eigenvalue weighted by Crippen LogP contribution is 2.34. The molecule has 0 heterocycles. The molecule has 1 atom stereocenters. The molecule has 1 unspecified atom stereocenters. The van der Waals surface area contributed by atoms with Crippen LogP contribution in [0, 0.1) is 0 Å². The molecule has 0 amide bonds. The molecule has 1 aromatic carbocycles. The van der Waals surface area contributed by atoms with E-state index in [1.807, 2.05) is 6.07 Å². The summed E-state index contributed by atoms with van der Waals surface area (Å²) in [6.07, 6.45) is 3.20. The highest BCUT2D eigenvalue weighted by Gasteiger charge is 2.11. The van der Waals surface area contributed by atoms with Crippen LogP contribution in [0.25, 0.3) is 0 Å². The lowest BCUT2D eigenvalue weighted by Gasteiger charge is -2.16. The molecular weight excluding hydrogens is 246 g/mol. The van der Waals surface area contributed by atoms with Gasteiger partial charge in [0.1, 0.15) is 0 Å². The molecule has 3 nitrogen and oxygen atoms in total. The van der Waals surface area contributed by atoms with Gasteiger partial charge in [0.25, 0.3) is 0 Å². The van der Waals surface area contributed by atoms with Crippen molar-refractivity contribution in [2.24, 2.45) is 0 Å². The Morgan fingerprint density at radius 3 is 2.33 bits per heavy atom. The van der Waals surface area contributed by atoms with Crippen LogP contribution in [0.3, 0.4) is 0 Å². The van der Waals surface area contributed by atoms with Crippen molar-refractivity contribution in [3.63, 3.8) is 0 Å². The highest BCUT2D eigenvalue weighted by molar-refractivity contribution is 7.98. The Labute approximate surface area is 114 Å². The maximum atomic E-state index is 5.35. The zero-order chi connectivity index (χ0) is 13.5. The average molecular weight is 269 g/mol. The summed E-state index contributed by atoms with van der Waals surface area (Å²) in [6.45, 7) is 5.23. The van der Waals surface area contributed by atoms with E-state index in [0.29, 0.717) is 6.04 Å². The zero-order valence-corrected chi connectivity index (χ0v) is 12.7. The largest absolute Gasteiger partial charge is 0.493 e. The first-order valence-corrected chi connectivity index (χ1v) is 7.41. The van der Waals surface area contributed by atoms with Crippen molar-refractivity contribution in [3.05, 3.63) is 17.7 Å². The fraction of sp³-hybridized carbons (Fsp3) is 0.571. The molecule has 1 rings (SSSR count). The summed E-state index contributed by atoms with van der Waals surface area (Å²) in [5, 5.41) is 3.50. The van der Waals surface area contributed by atoms with E-state index >= 15 is 0 Å². The zero-order valence-electron chi connectivity index (χ0n) is 11.9. The molecule has 0 radical (unpaired) electrons. The second-order valence-electron chi connectivity index (χ2n) is 4.21. The summed E-state index contributed by atoms with van der Waals surface area (Å²) < 4.78 is 10.7. The minimum atomic E-state index is 0.521. The van der Waals surface area contributed by atoms with Crippen molar-refractivity contribution in [3.8, 4) is 11.5 Å². The Bertz CT molecular complexity index is 382. The van der Waals surface area contributed by atoms with Gasteiger partial charge in [-0.05, 0) is 37.3 Å². The van der Waals surface area contributed by atoms with E-state index in [4.69, 9.17) is 9.47 Å².